The van der Waals surface area contributed by atoms with E-state index in [1.165, 1.54) is 12.1 Å². The van der Waals surface area contributed by atoms with Gasteiger partial charge in [0.15, 0.2) is 11.3 Å². The second-order valence-electron chi connectivity index (χ2n) is 7.26. The number of benzene rings is 2. The first-order valence-electron chi connectivity index (χ1n) is 10.0. The summed E-state index contributed by atoms with van der Waals surface area (Å²) in [7, 11) is 0. The van der Waals surface area contributed by atoms with Crippen molar-refractivity contribution in [2.75, 3.05) is 0 Å². The van der Waals surface area contributed by atoms with Crippen LogP contribution in [-0.4, -0.2) is 29.4 Å². The molecule has 0 fully saturated rings. The van der Waals surface area contributed by atoms with Crippen molar-refractivity contribution in [1.82, 2.24) is 19.5 Å². The molecule has 2 heterocycles. The molecular weight excluding hydrogens is 400 g/mol. The highest BCUT2D eigenvalue weighted by molar-refractivity contribution is 5.85. The fourth-order valence-corrected chi connectivity index (χ4v) is 3.56. The number of aromatic nitrogens is 4. The molecule has 0 amide bonds. The van der Waals surface area contributed by atoms with E-state index in [0.717, 1.165) is 31.7 Å². The van der Waals surface area contributed by atoms with E-state index in [4.69, 9.17) is 4.98 Å². The number of nitro groups is 2. The molecule has 31 heavy (non-hydrogen) atoms. The molecule has 158 valence electrons. The van der Waals surface area contributed by atoms with Crippen molar-refractivity contribution in [2.45, 2.75) is 39.2 Å². The van der Waals surface area contributed by atoms with Crippen LogP contribution in [0.2, 0.25) is 0 Å². The van der Waals surface area contributed by atoms with Crippen LogP contribution in [-0.2, 0) is 6.54 Å². The molecule has 0 bridgehead atoms. The van der Waals surface area contributed by atoms with E-state index in [1.54, 1.807) is 0 Å². The maximum absolute atomic E-state index is 11.4. The minimum Gasteiger partial charge on any atom is -0.307 e. The van der Waals surface area contributed by atoms with Crippen LogP contribution in [0.15, 0.2) is 42.5 Å². The van der Waals surface area contributed by atoms with Gasteiger partial charge in [-0.15, -0.1) is 0 Å². The van der Waals surface area contributed by atoms with E-state index < -0.39 is 9.85 Å². The van der Waals surface area contributed by atoms with Gasteiger partial charge in [-0.3, -0.25) is 20.2 Å². The van der Waals surface area contributed by atoms with Gasteiger partial charge in [0.2, 0.25) is 0 Å². The normalized spacial score (nSPS) is 11.3. The van der Waals surface area contributed by atoms with Gasteiger partial charge < -0.3 is 4.57 Å². The van der Waals surface area contributed by atoms with Gasteiger partial charge in [-0.1, -0.05) is 38.3 Å². The second kappa shape index (κ2) is 8.42. The molecule has 0 unspecified atom stereocenters. The minimum atomic E-state index is -0.643. The number of nitro benzene ring substituents is 2. The fourth-order valence-electron chi connectivity index (χ4n) is 3.56. The van der Waals surface area contributed by atoms with Gasteiger partial charge in [-0.05, 0) is 18.6 Å². The molecule has 0 aliphatic heterocycles. The predicted octanol–water partition coefficient (Wildman–Crippen LogP) is 5.04. The molecule has 0 spiro atoms. The van der Waals surface area contributed by atoms with Crippen molar-refractivity contribution >= 4 is 33.7 Å². The number of unbranched alkanes of at least 4 members (excludes halogenated alkanes) is 3. The smallest absolute Gasteiger partial charge is 0.277 e. The Hall–Kier alpha value is -3.95. The van der Waals surface area contributed by atoms with E-state index in [1.807, 2.05) is 28.8 Å². The Morgan fingerprint density at radius 3 is 2.13 bits per heavy atom. The zero-order valence-electron chi connectivity index (χ0n) is 16.9. The Morgan fingerprint density at radius 1 is 0.871 bits per heavy atom. The number of hydrogen-bond donors (Lipinski definition) is 0. The zero-order chi connectivity index (χ0) is 22.0. The second-order valence-corrected chi connectivity index (χ2v) is 7.26. The molecule has 0 radical (unpaired) electrons. The number of hydrogen-bond acceptors (Lipinski definition) is 7. The number of rotatable bonds is 8. The molecule has 4 rings (SSSR count). The summed E-state index contributed by atoms with van der Waals surface area (Å²) >= 11 is 0. The SMILES string of the molecule is CCCCCCn1c(-c2cc([N+](=O)[O-])cc([N+](=O)[O-])c2)nc2nc3ccccc3nc21. The van der Waals surface area contributed by atoms with Crippen molar-refractivity contribution in [3.63, 3.8) is 0 Å². The van der Waals surface area contributed by atoms with Crippen LogP contribution in [0.25, 0.3) is 33.7 Å². The molecule has 0 aliphatic rings. The largest absolute Gasteiger partial charge is 0.307 e. The lowest BCUT2D eigenvalue weighted by Crippen LogP contribution is -2.03. The Balaban J connectivity index is 1.92. The van der Waals surface area contributed by atoms with Gasteiger partial charge >= 0.3 is 0 Å². The van der Waals surface area contributed by atoms with Crippen molar-refractivity contribution in [3.8, 4) is 11.4 Å². The molecule has 0 saturated heterocycles. The highest BCUT2D eigenvalue weighted by Gasteiger charge is 2.22. The zero-order valence-corrected chi connectivity index (χ0v) is 16.9. The van der Waals surface area contributed by atoms with Gasteiger partial charge in [0.05, 0.1) is 26.9 Å². The van der Waals surface area contributed by atoms with E-state index in [9.17, 15) is 20.2 Å². The van der Waals surface area contributed by atoms with Gasteiger partial charge in [0.25, 0.3) is 11.4 Å². The van der Waals surface area contributed by atoms with Crippen LogP contribution in [0, 0.1) is 20.2 Å². The third-order valence-electron chi connectivity index (χ3n) is 5.08. The first-order valence-corrected chi connectivity index (χ1v) is 10.0. The molecule has 0 N–H and O–H groups in total. The lowest BCUT2D eigenvalue weighted by atomic mass is 10.1. The molecule has 2 aromatic carbocycles. The monoisotopic (exact) mass is 420 g/mol. The Labute approximate surface area is 176 Å². The summed E-state index contributed by atoms with van der Waals surface area (Å²) in [5.41, 5.74) is 1.92. The highest BCUT2D eigenvalue weighted by Crippen LogP contribution is 2.31. The van der Waals surface area contributed by atoms with Gasteiger partial charge in [-0.2, -0.15) is 0 Å². The molecular formula is C21H20N6O4. The first-order chi connectivity index (χ1) is 15.0. The molecule has 0 saturated carbocycles. The van der Waals surface area contributed by atoms with E-state index in [0.29, 0.717) is 40.3 Å². The molecule has 10 nitrogen and oxygen atoms in total. The molecule has 10 heteroatoms. The number of non-ortho nitro benzene ring substituents is 2. The summed E-state index contributed by atoms with van der Waals surface area (Å²) in [4.78, 5) is 35.3. The van der Waals surface area contributed by atoms with Gasteiger partial charge in [-0.25, -0.2) is 15.0 Å². The number of aryl methyl sites for hydroxylation is 1. The van der Waals surface area contributed by atoms with Gasteiger partial charge in [0, 0.05) is 24.2 Å². The molecule has 2 aromatic heterocycles. The average Bonchev–Trinajstić information content (AvgIpc) is 3.12. The topological polar surface area (TPSA) is 130 Å². The highest BCUT2D eigenvalue weighted by atomic mass is 16.6. The van der Waals surface area contributed by atoms with E-state index in [2.05, 4.69) is 16.9 Å². The third-order valence-corrected chi connectivity index (χ3v) is 5.08. The summed E-state index contributed by atoms with van der Waals surface area (Å²) < 4.78 is 1.85. The summed E-state index contributed by atoms with van der Waals surface area (Å²) in [5.74, 6) is 0.383. The number of para-hydroxylation sites is 2. The molecule has 0 aliphatic carbocycles. The number of imidazole rings is 1. The van der Waals surface area contributed by atoms with Gasteiger partial charge in [0.1, 0.15) is 5.82 Å². The minimum absolute atomic E-state index is 0.292. The Bertz CT molecular complexity index is 1270. The summed E-state index contributed by atoms with van der Waals surface area (Å²) in [5, 5.41) is 22.7. The van der Waals surface area contributed by atoms with Crippen LogP contribution in [0.5, 0.6) is 0 Å². The van der Waals surface area contributed by atoms with Crippen molar-refractivity contribution in [3.05, 3.63) is 62.7 Å². The predicted molar refractivity (Wildman–Crippen MR) is 116 cm³/mol. The molecule has 0 atom stereocenters. The van der Waals surface area contributed by atoms with Crippen LogP contribution >= 0.6 is 0 Å². The maximum Gasteiger partial charge on any atom is 0.277 e. The van der Waals surface area contributed by atoms with Crippen molar-refractivity contribution in [1.29, 1.82) is 0 Å². The maximum atomic E-state index is 11.4. The van der Waals surface area contributed by atoms with Crippen molar-refractivity contribution < 1.29 is 9.85 Å². The average molecular weight is 420 g/mol. The lowest BCUT2D eigenvalue weighted by Gasteiger charge is -2.09. The standard InChI is InChI=1S/C21H20N6O4/c1-2-3-4-7-10-25-20(14-11-15(26(28)29)13-16(12-14)27(30)31)24-19-21(25)23-18-9-6-5-8-17(18)22-19/h5-6,8-9,11-13H,2-4,7,10H2,1H3. The molecule has 4 aromatic rings. The summed E-state index contributed by atoms with van der Waals surface area (Å²) in [6, 6.07) is 11.0. The van der Waals surface area contributed by atoms with Crippen LogP contribution in [0.3, 0.4) is 0 Å². The fraction of sp³-hybridized carbons (Fsp3) is 0.286. The van der Waals surface area contributed by atoms with Crippen LogP contribution in [0.4, 0.5) is 11.4 Å². The lowest BCUT2D eigenvalue weighted by molar-refractivity contribution is -0.394. The quantitative estimate of drug-likeness (QED) is 0.222. The third kappa shape index (κ3) is 4.04. The van der Waals surface area contributed by atoms with E-state index >= 15 is 0 Å². The van der Waals surface area contributed by atoms with Crippen molar-refractivity contribution in [2.24, 2.45) is 0 Å². The first kappa shape index (κ1) is 20.3. The van der Waals surface area contributed by atoms with Crippen LogP contribution in [0.1, 0.15) is 32.6 Å². The Kier molecular flexibility index (Phi) is 5.52. The van der Waals surface area contributed by atoms with E-state index in [-0.39, 0.29) is 11.4 Å². The summed E-state index contributed by atoms with van der Waals surface area (Å²) in [6.07, 6.45) is 4.03. The summed E-state index contributed by atoms with van der Waals surface area (Å²) in [6.45, 7) is 2.70. The Morgan fingerprint density at radius 2 is 1.52 bits per heavy atom. The number of nitrogens with zero attached hydrogens (tertiary/aromatic N) is 6. The van der Waals surface area contributed by atoms with Crippen LogP contribution < -0.4 is 0 Å². The number of fused-ring (bicyclic) bond motifs is 2.